The Hall–Kier alpha value is -2.24. The van der Waals surface area contributed by atoms with Crippen molar-refractivity contribution in [2.24, 2.45) is 0 Å². The van der Waals surface area contributed by atoms with Crippen LogP contribution in [-0.4, -0.2) is 22.0 Å². The van der Waals surface area contributed by atoms with Gasteiger partial charge < -0.3 is 0 Å². The summed E-state index contributed by atoms with van der Waals surface area (Å²) in [5, 5.41) is 8.07. The molecule has 0 fully saturated rings. The van der Waals surface area contributed by atoms with Crippen LogP contribution in [0.3, 0.4) is 0 Å². The maximum absolute atomic E-state index is 12.6. The number of hydrogen-bond donors (Lipinski definition) is 0. The van der Waals surface area contributed by atoms with Gasteiger partial charge in [0.05, 0.1) is 28.7 Å². The van der Waals surface area contributed by atoms with E-state index in [1.807, 2.05) is 0 Å². The van der Waals surface area contributed by atoms with Crippen LogP contribution in [0, 0.1) is 0 Å². The van der Waals surface area contributed by atoms with Gasteiger partial charge in [-0.3, -0.25) is 9.59 Å². The first-order chi connectivity index (χ1) is 10.5. The van der Waals surface area contributed by atoms with Crippen molar-refractivity contribution < 1.29 is 9.59 Å². The first kappa shape index (κ1) is 14.7. The average Bonchev–Trinajstić information content (AvgIpc) is 2.78. The number of carbonyl (C=O) groups is 2. The number of amides is 2. The molecule has 0 unspecified atom stereocenters. The number of rotatable bonds is 1. The molecule has 1 aliphatic heterocycles. The van der Waals surface area contributed by atoms with E-state index in [1.54, 1.807) is 24.3 Å². The lowest BCUT2D eigenvalue weighted by molar-refractivity contribution is -0.122. The Labute approximate surface area is 136 Å². The van der Waals surface area contributed by atoms with E-state index in [9.17, 15) is 9.59 Å². The molecule has 1 aliphatic rings. The maximum Gasteiger partial charge on any atom is 0.267 e. The predicted molar refractivity (Wildman–Crippen MR) is 84.3 cm³/mol. The highest BCUT2D eigenvalue weighted by molar-refractivity contribution is 6.60. The Balaban J connectivity index is 2.27. The van der Waals surface area contributed by atoms with Gasteiger partial charge in [-0.1, -0.05) is 29.3 Å². The number of carbonyl (C=O) groups excluding carboxylic acids is 2. The molecular formula is C15H9Cl2N3O2. The van der Waals surface area contributed by atoms with E-state index in [4.69, 9.17) is 23.2 Å². The van der Waals surface area contributed by atoms with Crippen LogP contribution < -0.4 is 4.90 Å². The third-order valence-corrected chi connectivity index (χ3v) is 3.90. The van der Waals surface area contributed by atoms with Gasteiger partial charge in [0.25, 0.3) is 5.91 Å². The molecule has 0 spiro atoms. The van der Waals surface area contributed by atoms with Crippen molar-refractivity contribution in [3.63, 3.8) is 0 Å². The van der Waals surface area contributed by atoms with Crippen LogP contribution in [0.4, 0.5) is 5.69 Å². The van der Waals surface area contributed by atoms with Gasteiger partial charge in [0, 0.05) is 23.1 Å². The summed E-state index contributed by atoms with van der Waals surface area (Å²) in [5.74, 6) is -0.882. The van der Waals surface area contributed by atoms with Crippen LogP contribution in [0.5, 0.6) is 0 Å². The van der Waals surface area contributed by atoms with Crippen molar-refractivity contribution in [3.8, 4) is 0 Å². The van der Waals surface area contributed by atoms with Crippen molar-refractivity contribution in [2.75, 3.05) is 4.90 Å². The minimum absolute atomic E-state index is 0.215. The first-order valence-corrected chi connectivity index (χ1v) is 7.08. The molecular weight excluding hydrogens is 325 g/mol. The van der Waals surface area contributed by atoms with E-state index < -0.39 is 11.8 Å². The van der Waals surface area contributed by atoms with Gasteiger partial charge in [0.15, 0.2) is 0 Å². The molecule has 0 aliphatic carbocycles. The lowest BCUT2D eigenvalue weighted by Gasteiger charge is -2.12. The molecule has 3 rings (SSSR count). The Morgan fingerprint density at radius 2 is 2.00 bits per heavy atom. The maximum atomic E-state index is 12.6. The molecule has 0 N–H and O–H groups in total. The zero-order valence-corrected chi connectivity index (χ0v) is 12.9. The summed E-state index contributed by atoms with van der Waals surface area (Å²) >= 11 is 12.3. The standard InChI is InChI=1S/C15H9Cl2N3O2/c1-8(21)20-12-6-10(16)2-3-11(12)13(15(20)22)14(17)9-4-5-18-19-7-9/h2-7H,1H3/b14-13+. The minimum Gasteiger partial charge on any atom is -0.274 e. The third-order valence-electron chi connectivity index (χ3n) is 3.26. The molecule has 0 atom stereocenters. The molecule has 0 saturated carbocycles. The molecule has 110 valence electrons. The lowest BCUT2D eigenvalue weighted by Crippen LogP contribution is -2.31. The summed E-state index contributed by atoms with van der Waals surface area (Å²) in [4.78, 5) is 25.5. The summed E-state index contributed by atoms with van der Waals surface area (Å²) in [5.41, 5.74) is 1.79. The lowest BCUT2D eigenvalue weighted by atomic mass is 10.0. The van der Waals surface area contributed by atoms with Crippen LogP contribution in [-0.2, 0) is 9.59 Å². The zero-order chi connectivity index (χ0) is 15.9. The highest BCUT2D eigenvalue weighted by Gasteiger charge is 2.37. The first-order valence-electron chi connectivity index (χ1n) is 6.32. The fraction of sp³-hybridized carbons (Fsp3) is 0.0667. The van der Waals surface area contributed by atoms with E-state index in [1.165, 1.54) is 19.3 Å². The Kier molecular flexibility index (Phi) is 3.68. The van der Waals surface area contributed by atoms with Crippen molar-refractivity contribution in [1.82, 2.24) is 10.2 Å². The largest absolute Gasteiger partial charge is 0.274 e. The van der Waals surface area contributed by atoms with Gasteiger partial charge in [0.2, 0.25) is 5.91 Å². The molecule has 2 heterocycles. The number of nitrogens with zero attached hydrogens (tertiary/aromatic N) is 3. The number of hydrogen-bond acceptors (Lipinski definition) is 4. The molecule has 0 bridgehead atoms. The highest BCUT2D eigenvalue weighted by atomic mass is 35.5. The molecule has 0 saturated heterocycles. The van der Waals surface area contributed by atoms with Crippen LogP contribution in [0.2, 0.25) is 5.02 Å². The fourth-order valence-electron chi connectivity index (χ4n) is 2.33. The predicted octanol–water partition coefficient (Wildman–Crippen LogP) is 3.13. The van der Waals surface area contributed by atoms with E-state index in [2.05, 4.69) is 10.2 Å². The number of benzene rings is 1. The third kappa shape index (κ3) is 2.28. The van der Waals surface area contributed by atoms with Crippen molar-refractivity contribution in [2.45, 2.75) is 6.92 Å². The summed E-state index contributed by atoms with van der Waals surface area (Å²) in [6.07, 6.45) is 2.93. The SMILES string of the molecule is CC(=O)N1C(=O)/C(=C(/Cl)c2ccnnc2)c2ccc(Cl)cc21. The second kappa shape index (κ2) is 5.51. The van der Waals surface area contributed by atoms with Crippen molar-refractivity contribution in [1.29, 1.82) is 0 Å². The Morgan fingerprint density at radius 1 is 1.23 bits per heavy atom. The van der Waals surface area contributed by atoms with Gasteiger partial charge >= 0.3 is 0 Å². The molecule has 2 aromatic rings. The zero-order valence-electron chi connectivity index (χ0n) is 11.4. The number of aromatic nitrogens is 2. The molecule has 1 aromatic carbocycles. The summed E-state index contributed by atoms with van der Waals surface area (Å²) in [7, 11) is 0. The van der Waals surface area contributed by atoms with E-state index >= 15 is 0 Å². The van der Waals surface area contributed by atoms with Gasteiger partial charge in [-0.2, -0.15) is 10.2 Å². The second-order valence-corrected chi connectivity index (χ2v) is 5.46. The number of fused-ring (bicyclic) bond motifs is 1. The summed E-state index contributed by atoms with van der Waals surface area (Å²) < 4.78 is 0. The van der Waals surface area contributed by atoms with Crippen LogP contribution >= 0.6 is 23.2 Å². The summed E-state index contributed by atoms with van der Waals surface area (Å²) in [6.45, 7) is 1.31. The van der Waals surface area contributed by atoms with E-state index in [-0.39, 0.29) is 10.6 Å². The van der Waals surface area contributed by atoms with Gasteiger partial charge in [-0.15, -0.1) is 0 Å². The van der Waals surface area contributed by atoms with E-state index in [0.29, 0.717) is 21.8 Å². The number of halogens is 2. The van der Waals surface area contributed by atoms with Crippen LogP contribution in [0.25, 0.3) is 10.6 Å². The molecule has 2 amide bonds. The Morgan fingerprint density at radius 3 is 2.64 bits per heavy atom. The topological polar surface area (TPSA) is 63.2 Å². The molecule has 1 aromatic heterocycles. The molecule has 22 heavy (non-hydrogen) atoms. The van der Waals surface area contributed by atoms with Crippen molar-refractivity contribution >= 4 is 51.3 Å². The minimum atomic E-state index is -0.480. The smallest absolute Gasteiger partial charge is 0.267 e. The monoisotopic (exact) mass is 333 g/mol. The van der Waals surface area contributed by atoms with Gasteiger partial charge in [-0.25, -0.2) is 4.90 Å². The number of imide groups is 1. The normalized spacial score (nSPS) is 15.8. The fourth-order valence-corrected chi connectivity index (χ4v) is 2.79. The van der Waals surface area contributed by atoms with E-state index in [0.717, 1.165) is 4.90 Å². The second-order valence-electron chi connectivity index (χ2n) is 4.64. The van der Waals surface area contributed by atoms with Crippen LogP contribution in [0.15, 0.2) is 36.7 Å². The quantitative estimate of drug-likeness (QED) is 0.752. The Bertz CT molecular complexity index is 819. The molecule has 5 nitrogen and oxygen atoms in total. The van der Waals surface area contributed by atoms with Crippen molar-refractivity contribution in [3.05, 3.63) is 52.8 Å². The summed E-state index contributed by atoms with van der Waals surface area (Å²) in [6, 6.07) is 6.52. The van der Waals surface area contributed by atoms with Crippen LogP contribution in [0.1, 0.15) is 18.1 Å². The van der Waals surface area contributed by atoms with Gasteiger partial charge in [-0.05, 0) is 18.2 Å². The molecule has 0 radical (unpaired) electrons. The van der Waals surface area contributed by atoms with Gasteiger partial charge in [0.1, 0.15) is 0 Å². The highest BCUT2D eigenvalue weighted by Crippen LogP contribution is 2.43. The number of anilines is 1. The molecule has 7 heteroatoms. The average molecular weight is 334 g/mol.